The number of benzene rings is 10. The zero-order valence-electron chi connectivity index (χ0n) is 43.9. The number of hydrogen-bond acceptors (Lipinski definition) is 4. The van der Waals surface area contributed by atoms with Crippen LogP contribution < -0.4 is 4.90 Å². The number of para-hydroxylation sites is 4. The molecule has 4 nitrogen and oxygen atoms in total. The van der Waals surface area contributed by atoms with Crippen molar-refractivity contribution in [3.8, 4) is 44.5 Å². The Hall–Kier alpha value is -8.60. The summed E-state index contributed by atoms with van der Waals surface area (Å²) in [6.45, 7) is 19.4. The molecule has 0 radical (unpaired) electrons. The maximum atomic E-state index is 7.11. The molecule has 13 aromatic rings. The molecule has 3 heterocycles. The van der Waals surface area contributed by atoms with Crippen molar-refractivity contribution in [2.75, 3.05) is 4.90 Å². The van der Waals surface area contributed by atoms with Crippen molar-refractivity contribution in [1.29, 1.82) is 0 Å². The van der Waals surface area contributed by atoms with Crippen LogP contribution in [0.25, 0.3) is 110 Å². The number of anilines is 3. The SMILES string of the molecule is CC1(C)c2cc(N(c3ccc4c(c3)C(C)(C)c3c5c(c6c(oc7ccccc76)c3-4)-c3ccccc3C5(C)C)c3cccc4c3oc3ccccc34)ccc2-c2c1c1c(c3c2oc2ccccc23)-c2ccccc2C1(C)C. The fourth-order valence-corrected chi connectivity index (χ4v) is 15.6. The Morgan fingerprint density at radius 3 is 1.17 bits per heavy atom. The van der Waals surface area contributed by atoms with Crippen LogP contribution >= 0.6 is 0 Å². The highest BCUT2D eigenvalue weighted by Gasteiger charge is 2.51. The molecule has 4 heteroatoms. The Morgan fingerprint density at radius 2 is 0.671 bits per heavy atom. The summed E-state index contributed by atoms with van der Waals surface area (Å²) in [5.74, 6) is 0. The Balaban J connectivity index is 0.926. The minimum absolute atomic E-state index is 0.242. The molecule has 0 bridgehead atoms. The van der Waals surface area contributed by atoms with Gasteiger partial charge in [-0.1, -0.05) is 183 Å². The van der Waals surface area contributed by atoms with Crippen LogP contribution in [0.3, 0.4) is 0 Å². The third-order valence-electron chi connectivity index (χ3n) is 18.9. The zero-order valence-corrected chi connectivity index (χ0v) is 43.9. The summed E-state index contributed by atoms with van der Waals surface area (Å²) in [5, 5.41) is 6.96. The van der Waals surface area contributed by atoms with E-state index < -0.39 is 10.8 Å². The van der Waals surface area contributed by atoms with Gasteiger partial charge in [-0.05, 0) is 126 Å². The first-order chi connectivity index (χ1) is 36.8. The Kier molecular flexibility index (Phi) is 7.76. The molecule has 0 spiro atoms. The van der Waals surface area contributed by atoms with Crippen molar-refractivity contribution in [2.45, 2.75) is 77.0 Å². The first-order valence-corrected chi connectivity index (χ1v) is 27.0. The highest BCUT2D eigenvalue weighted by atomic mass is 16.3. The predicted octanol–water partition coefficient (Wildman–Crippen LogP) is 20.1. The third-order valence-corrected chi connectivity index (χ3v) is 18.9. The minimum Gasteiger partial charge on any atom is -0.455 e. The van der Waals surface area contributed by atoms with Gasteiger partial charge in [0.1, 0.15) is 27.9 Å². The Labute approximate surface area is 440 Å². The van der Waals surface area contributed by atoms with Gasteiger partial charge in [0.2, 0.25) is 0 Å². The summed E-state index contributed by atoms with van der Waals surface area (Å²) in [5.41, 5.74) is 28.3. The molecule has 0 saturated heterocycles. The van der Waals surface area contributed by atoms with Crippen molar-refractivity contribution >= 4 is 82.9 Å². The second-order valence-electron chi connectivity index (χ2n) is 24.2. The smallest absolute Gasteiger partial charge is 0.159 e. The maximum Gasteiger partial charge on any atom is 0.159 e. The quantitative estimate of drug-likeness (QED) is 0.177. The van der Waals surface area contributed by atoms with Gasteiger partial charge in [0.05, 0.1) is 5.69 Å². The van der Waals surface area contributed by atoms with Gasteiger partial charge in [0, 0.05) is 76.5 Å². The standard InChI is InChI=1S/C72H53NO3/c1-69(2)48-26-14-9-21-42(48)56-58-46-23-12-17-30-54(46)75-67(58)60-44-34-32-38(36-50(44)71(5,6)64(60)62(56)69)73(52-28-19-25-41-40-20-11-16-29-53(40)74-66(41)52)39-33-35-45-51(37-39)72(7,8)65-61(45)68-59(47-24-13-18-31-55(47)76-68)57-43-22-10-15-27-49(43)70(3,4)63(57)65/h9-37H,1-8H3. The van der Waals surface area contributed by atoms with Crippen LogP contribution in [0.5, 0.6) is 0 Å². The average Bonchev–Trinajstić information content (AvgIpc) is 4.03. The van der Waals surface area contributed by atoms with Crippen LogP contribution in [0.1, 0.15) is 99.9 Å². The molecular formula is C72H53NO3. The van der Waals surface area contributed by atoms with Crippen molar-refractivity contribution < 1.29 is 13.3 Å². The van der Waals surface area contributed by atoms with Crippen molar-refractivity contribution in [1.82, 2.24) is 0 Å². The molecule has 4 aliphatic carbocycles. The number of hydrogen-bond donors (Lipinski definition) is 0. The molecule has 76 heavy (non-hydrogen) atoms. The highest BCUT2D eigenvalue weighted by Crippen LogP contribution is 2.66. The molecule has 17 rings (SSSR count). The van der Waals surface area contributed by atoms with E-state index in [0.717, 1.165) is 72.1 Å². The summed E-state index contributed by atoms with van der Waals surface area (Å²) in [6, 6.07) is 64.8. The molecule has 364 valence electrons. The highest BCUT2D eigenvalue weighted by molar-refractivity contribution is 6.23. The van der Waals surface area contributed by atoms with E-state index in [4.69, 9.17) is 13.3 Å². The van der Waals surface area contributed by atoms with Gasteiger partial charge in [-0.15, -0.1) is 0 Å². The van der Waals surface area contributed by atoms with Gasteiger partial charge in [-0.3, -0.25) is 0 Å². The Bertz CT molecular complexity index is 4580. The summed E-state index contributed by atoms with van der Waals surface area (Å²) >= 11 is 0. The van der Waals surface area contributed by atoms with E-state index in [-0.39, 0.29) is 10.8 Å². The van der Waals surface area contributed by atoms with E-state index >= 15 is 0 Å². The molecule has 0 saturated carbocycles. The second-order valence-corrected chi connectivity index (χ2v) is 24.2. The molecule has 3 aromatic heterocycles. The van der Waals surface area contributed by atoms with Crippen LogP contribution in [-0.4, -0.2) is 0 Å². The lowest BCUT2D eigenvalue weighted by atomic mass is 9.72. The summed E-state index contributed by atoms with van der Waals surface area (Å²) in [4.78, 5) is 2.46. The lowest BCUT2D eigenvalue weighted by Crippen LogP contribution is -2.24. The normalized spacial score (nSPS) is 16.3. The van der Waals surface area contributed by atoms with Crippen LogP contribution in [0.15, 0.2) is 189 Å². The first kappa shape index (κ1) is 42.7. The maximum absolute atomic E-state index is 7.11. The average molecular weight is 980 g/mol. The number of nitrogens with zero attached hydrogens (tertiary/aromatic N) is 1. The second kappa shape index (κ2) is 13.8. The lowest BCUT2D eigenvalue weighted by molar-refractivity contribution is 0.600. The molecule has 4 aliphatic rings. The fourth-order valence-electron chi connectivity index (χ4n) is 15.6. The van der Waals surface area contributed by atoms with E-state index in [9.17, 15) is 0 Å². The van der Waals surface area contributed by atoms with E-state index in [1.165, 1.54) is 99.8 Å². The van der Waals surface area contributed by atoms with Gasteiger partial charge in [-0.25, -0.2) is 0 Å². The van der Waals surface area contributed by atoms with Gasteiger partial charge in [-0.2, -0.15) is 0 Å². The van der Waals surface area contributed by atoms with Gasteiger partial charge in [0.25, 0.3) is 0 Å². The van der Waals surface area contributed by atoms with Crippen LogP contribution in [0.2, 0.25) is 0 Å². The van der Waals surface area contributed by atoms with E-state index in [2.05, 4.69) is 236 Å². The zero-order chi connectivity index (χ0) is 51.1. The summed E-state index contributed by atoms with van der Waals surface area (Å²) in [6.07, 6.45) is 0. The lowest BCUT2D eigenvalue weighted by Gasteiger charge is -2.32. The number of fused-ring (bicyclic) bond motifs is 27. The minimum atomic E-state index is -0.390. The van der Waals surface area contributed by atoms with Gasteiger partial charge >= 0.3 is 0 Å². The number of furan rings is 3. The molecule has 10 aromatic carbocycles. The van der Waals surface area contributed by atoms with Crippen molar-refractivity contribution in [2.24, 2.45) is 0 Å². The molecule has 0 atom stereocenters. The summed E-state index contributed by atoms with van der Waals surface area (Å²) < 4.78 is 21.2. The topological polar surface area (TPSA) is 42.7 Å². The molecule has 0 fully saturated rings. The monoisotopic (exact) mass is 979 g/mol. The molecular weight excluding hydrogens is 927 g/mol. The largest absolute Gasteiger partial charge is 0.455 e. The Morgan fingerprint density at radius 1 is 0.303 bits per heavy atom. The van der Waals surface area contributed by atoms with Crippen molar-refractivity contribution in [3.05, 3.63) is 220 Å². The van der Waals surface area contributed by atoms with Crippen LogP contribution in [0.4, 0.5) is 17.1 Å². The van der Waals surface area contributed by atoms with Crippen LogP contribution in [0, 0.1) is 0 Å². The van der Waals surface area contributed by atoms with Gasteiger partial charge in [0.15, 0.2) is 5.58 Å². The van der Waals surface area contributed by atoms with Gasteiger partial charge < -0.3 is 18.2 Å². The van der Waals surface area contributed by atoms with Crippen LogP contribution in [-0.2, 0) is 21.7 Å². The van der Waals surface area contributed by atoms with E-state index in [1.54, 1.807) is 0 Å². The number of rotatable bonds is 3. The molecule has 0 amide bonds. The van der Waals surface area contributed by atoms with Crippen molar-refractivity contribution in [3.63, 3.8) is 0 Å². The molecule has 0 N–H and O–H groups in total. The third kappa shape index (κ3) is 4.94. The molecule has 0 unspecified atom stereocenters. The fraction of sp³-hybridized carbons (Fsp3) is 0.167. The van der Waals surface area contributed by atoms with E-state index in [1.807, 2.05) is 0 Å². The predicted molar refractivity (Wildman–Crippen MR) is 313 cm³/mol. The summed E-state index contributed by atoms with van der Waals surface area (Å²) in [7, 11) is 0. The molecule has 0 aliphatic heterocycles. The van der Waals surface area contributed by atoms with E-state index in [0.29, 0.717) is 0 Å². The first-order valence-electron chi connectivity index (χ1n) is 27.0.